The summed E-state index contributed by atoms with van der Waals surface area (Å²) in [4.78, 5) is 16.8. The fourth-order valence-electron chi connectivity index (χ4n) is 2.64. The van der Waals surface area contributed by atoms with Crippen LogP contribution in [0, 0.1) is 0 Å². The zero-order chi connectivity index (χ0) is 19.9. The van der Waals surface area contributed by atoms with Crippen molar-refractivity contribution < 1.29 is 18.0 Å². The van der Waals surface area contributed by atoms with E-state index in [-0.39, 0.29) is 42.6 Å². The van der Waals surface area contributed by atoms with E-state index in [0.29, 0.717) is 5.56 Å². The van der Waals surface area contributed by atoms with Crippen molar-refractivity contribution in [3.63, 3.8) is 0 Å². The molecule has 0 aliphatic heterocycles. The Balaban J connectivity index is 2.28. The zero-order valence-electron chi connectivity index (χ0n) is 13.2. The monoisotopic (exact) mass is 495 g/mol. The summed E-state index contributed by atoms with van der Waals surface area (Å²) in [7, 11) is 0. The standard InChI is InChI=1S/C18H8BrCl3F3NO/c19-7-9-3-15(17(27)8-1-10(20)4-11(21)2-8)26-16-13(9)5-12(22)6-14(16)18(23,24)25/h1-6H,7H2. The molecule has 3 rings (SSSR count). The van der Waals surface area contributed by atoms with Crippen LogP contribution in [0.5, 0.6) is 0 Å². The van der Waals surface area contributed by atoms with Crippen LogP contribution in [0.25, 0.3) is 10.9 Å². The Morgan fingerprint density at radius 3 is 2.11 bits per heavy atom. The first-order chi connectivity index (χ1) is 12.6. The maximum absolute atomic E-state index is 13.5. The van der Waals surface area contributed by atoms with E-state index in [1.165, 1.54) is 30.3 Å². The minimum atomic E-state index is -4.68. The predicted octanol–water partition coefficient (Wildman–Crippen LogP) is 7.34. The maximum Gasteiger partial charge on any atom is 0.418 e. The molecule has 2 nitrogen and oxygen atoms in total. The number of carbonyl (C=O) groups is 1. The van der Waals surface area contributed by atoms with E-state index in [9.17, 15) is 18.0 Å². The first-order valence-corrected chi connectivity index (χ1v) is 9.63. The molecule has 0 N–H and O–H groups in total. The van der Waals surface area contributed by atoms with Crippen molar-refractivity contribution in [3.8, 4) is 0 Å². The summed E-state index contributed by atoms with van der Waals surface area (Å²) < 4.78 is 40.4. The Kier molecular flexibility index (Phi) is 5.73. The second-order valence-corrected chi connectivity index (χ2v) is 7.50. The van der Waals surface area contributed by atoms with Crippen LogP contribution in [0.3, 0.4) is 0 Å². The largest absolute Gasteiger partial charge is 0.418 e. The van der Waals surface area contributed by atoms with Crippen LogP contribution in [0.4, 0.5) is 13.2 Å². The topological polar surface area (TPSA) is 30.0 Å². The van der Waals surface area contributed by atoms with E-state index >= 15 is 0 Å². The SMILES string of the molecule is O=C(c1cc(Cl)cc(Cl)c1)c1cc(CBr)c2cc(Cl)cc(C(F)(F)F)c2n1. The van der Waals surface area contributed by atoms with Gasteiger partial charge in [0.15, 0.2) is 0 Å². The number of aromatic nitrogens is 1. The van der Waals surface area contributed by atoms with Crippen molar-refractivity contribution in [3.05, 3.63) is 73.9 Å². The molecule has 0 unspecified atom stereocenters. The highest BCUT2D eigenvalue weighted by molar-refractivity contribution is 9.08. The molecule has 140 valence electrons. The van der Waals surface area contributed by atoms with Crippen LogP contribution < -0.4 is 0 Å². The summed E-state index contributed by atoms with van der Waals surface area (Å²) in [6, 6.07) is 7.80. The van der Waals surface area contributed by atoms with Gasteiger partial charge in [0, 0.05) is 31.3 Å². The number of fused-ring (bicyclic) bond motifs is 1. The van der Waals surface area contributed by atoms with Crippen molar-refractivity contribution >= 4 is 67.4 Å². The Morgan fingerprint density at radius 1 is 0.963 bits per heavy atom. The molecule has 3 aromatic rings. The fourth-order valence-corrected chi connectivity index (χ4v) is 3.84. The summed E-state index contributed by atoms with van der Waals surface area (Å²) in [5, 5.41) is 0.817. The molecule has 0 aliphatic rings. The third-order valence-corrected chi connectivity index (χ3v) is 5.03. The van der Waals surface area contributed by atoms with Crippen LogP contribution in [-0.2, 0) is 11.5 Å². The van der Waals surface area contributed by atoms with E-state index in [1.54, 1.807) is 0 Å². The first kappa shape index (κ1) is 20.4. The van der Waals surface area contributed by atoms with Gasteiger partial charge in [-0.05, 0) is 42.0 Å². The number of rotatable bonds is 3. The van der Waals surface area contributed by atoms with Crippen LogP contribution >= 0.6 is 50.7 Å². The lowest BCUT2D eigenvalue weighted by Crippen LogP contribution is -2.11. The van der Waals surface area contributed by atoms with Crippen molar-refractivity contribution in [2.24, 2.45) is 0 Å². The minimum Gasteiger partial charge on any atom is -0.287 e. The lowest BCUT2D eigenvalue weighted by molar-refractivity contribution is -0.136. The zero-order valence-corrected chi connectivity index (χ0v) is 17.0. The van der Waals surface area contributed by atoms with Gasteiger partial charge in [-0.15, -0.1) is 0 Å². The molecule has 1 heterocycles. The van der Waals surface area contributed by atoms with Crippen LogP contribution in [0.15, 0.2) is 36.4 Å². The van der Waals surface area contributed by atoms with Crippen LogP contribution in [-0.4, -0.2) is 10.8 Å². The first-order valence-electron chi connectivity index (χ1n) is 7.37. The second-order valence-electron chi connectivity index (χ2n) is 5.63. The molecule has 27 heavy (non-hydrogen) atoms. The Labute approximate surface area is 175 Å². The quantitative estimate of drug-likeness (QED) is 0.280. The number of benzene rings is 2. The van der Waals surface area contributed by atoms with Crippen molar-refractivity contribution in [2.75, 3.05) is 0 Å². The predicted molar refractivity (Wildman–Crippen MR) is 104 cm³/mol. The summed E-state index contributed by atoms with van der Waals surface area (Å²) in [6.07, 6.45) is -4.68. The van der Waals surface area contributed by atoms with Gasteiger partial charge in [0.25, 0.3) is 0 Å². The summed E-state index contributed by atoms with van der Waals surface area (Å²) in [5.74, 6) is -0.591. The number of ketones is 1. The summed E-state index contributed by atoms with van der Waals surface area (Å²) >= 11 is 20.9. The number of halogens is 7. The molecule has 1 aromatic heterocycles. The Morgan fingerprint density at radius 2 is 1.56 bits per heavy atom. The second kappa shape index (κ2) is 7.59. The molecule has 0 fully saturated rings. The number of nitrogens with zero attached hydrogens (tertiary/aromatic N) is 1. The molecule has 2 aromatic carbocycles. The number of carbonyl (C=O) groups excluding carboxylic acids is 1. The van der Waals surface area contributed by atoms with Crippen molar-refractivity contribution in [1.82, 2.24) is 4.98 Å². The third-order valence-electron chi connectivity index (χ3n) is 3.77. The van der Waals surface area contributed by atoms with Gasteiger partial charge in [0.1, 0.15) is 5.69 Å². The average molecular weight is 498 g/mol. The van der Waals surface area contributed by atoms with Crippen LogP contribution in [0.2, 0.25) is 15.1 Å². The molecular formula is C18H8BrCl3F3NO. The molecule has 0 bridgehead atoms. The van der Waals surface area contributed by atoms with Crippen LogP contribution in [0.1, 0.15) is 27.2 Å². The lowest BCUT2D eigenvalue weighted by atomic mass is 10.0. The number of pyridine rings is 1. The van der Waals surface area contributed by atoms with Gasteiger partial charge in [-0.25, -0.2) is 4.98 Å². The van der Waals surface area contributed by atoms with E-state index < -0.39 is 17.5 Å². The van der Waals surface area contributed by atoms with Gasteiger partial charge in [0.2, 0.25) is 5.78 Å². The molecule has 0 amide bonds. The van der Waals surface area contributed by atoms with Gasteiger partial charge in [-0.2, -0.15) is 13.2 Å². The smallest absolute Gasteiger partial charge is 0.287 e. The lowest BCUT2D eigenvalue weighted by Gasteiger charge is -2.14. The van der Waals surface area contributed by atoms with Gasteiger partial charge < -0.3 is 0 Å². The molecule has 0 aliphatic carbocycles. The van der Waals surface area contributed by atoms with Gasteiger partial charge in [-0.1, -0.05) is 50.7 Å². The van der Waals surface area contributed by atoms with Crippen molar-refractivity contribution in [1.29, 1.82) is 0 Å². The van der Waals surface area contributed by atoms with Gasteiger partial charge in [-0.3, -0.25) is 4.79 Å². The summed E-state index contributed by atoms with van der Waals surface area (Å²) in [5.41, 5.74) is -0.929. The maximum atomic E-state index is 13.5. The minimum absolute atomic E-state index is 0.0699. The van der Waals surface area contributed by atoms with E-state index in [2.05, 4.69) is 20.9 Å². The highest BCUT2D eigenvalue weighted by atomic mass is 79.9. The Hall–Kier alpha value is -1.34. The normalized spacial score (nSPS) is 11.8. The van der Waals surface area contributed by atoms with E-state index in [0.717, 1.165) is 6.07 Å². The molecule has 0 spiro atoms. The molecular weight excluding hydrogens is 489 g/mol. The summed E-state index contributed by atoms with van der Waals surface area (Å²) in [6.45, 7) is 0. The van der Waals surface area contributed by atoms with Crippen molar-refractivity contribution in [2.45, 2.75) is 11.5 Å². The number of hydrogen-bond acceptors (Lipinski definition) is 2. The molecule has 0 saturated heterocycles. The molecule has 0 saturated carbocycles. The number of alkyl halides is 4. The highest BCUT2D eigenvalue weighted by Gasteiger charge is 2.34. The fraction of sp³-hybridized carbons (Fsp3) is 0.111. The molecule has 9 heteroatoms. The molecule has 0 radical (unpaired) electrons. The number of hydrogen-bond donors (Lipinski definition) is 0. The van der Waals surface area contributed by atoms with E-state index in [4.69, 9.17) is 34.8 Å². The molecule has 0 atom stereocenters. The van der Waals surface area contributed by atoms with E-state index in [1.807, 2.05) is 0 Å². The Bertz CT molecular complexity index is 1050. The highest BCUT2D eigenvalue weighted by Crippen LogP contribution is 2.38. The van der Waals surface area contributed by atoms with Gasteiger partial charge in [0.05, 0.1) is 11.1 Å². The third kappa shape index (κ3) is 4.24. The van der Waals surface area contributed by atoms with Gasteiger partial charge >= 0.3 is 6.18 Å². The average Bonchev–Trinajstić information content (AvgIpc) is 2.57.